The number of hydrogen-bond acceptors (Lipinski definition) is 11. The van der Waals surface area contributed by atoms with Crippen LogP contribution in [0.3, 0.4) is 0 Å². The van der Waals surface area contributed by atoms with E-state index in [9.17, 15) is 19.2 Å². The summed E-state index contributed by atoms with van der Waals surface area (Å²) < 4.78 is 26.8. The van der Waals surface area contributed by atoms with Gasteiger partial charge in [-0.15, -0.1) is 11.8 Å². The van der Waals surface area contributed by atoms with Crippen LogP contribution in [-0.2, 0) is 35.1 Å². The Labute approximate surface area is 271 Å². The molecular formula is C31H37N7O7S. The molecule has 2 atom stereocenters. The second kappa shape index (κ2) is 14.6. The van der Waals surface area contributed by atoms with Gasteiger partial charge in [0, 0.05) is 48.1 Å². The van der Waals surface area contributed by atoms with Crippen molar-refractivity contribution in [2.45, 2.75) is 49.2 Å². The normalized spacial score (nSPS) is 20.0. The summed E-state index contributed by atoms with van der Waals surface area (Å²) in [5.41, 5.74) is 7.87. The lowest BCUT2D eigenvalue weighted by Gasteiger charge is -2.29. The maximum absolute atomic E-state index is 13.0. The van der Waals surface area contributed by atoms with Crippen LogP contribution in [0, 0.1) is 0 Å². The van der Waals surface area contributed by atoms with E-state index in [4.69, 9.17) is 21.3 Å². The van der Waals surface area contributed by atoms with Gasteiger partial charge in [0.1, 0.15) is 29.8 Å². The van der Waals surface area contributed by atoms with Gasteiger partial charge in [0.2, 0.25) is 17.7 Å². The van der Waals surface area contributed by atoms with E-state index in [1.54, 1.807) is 44.4 Å². The van der Waals surface area contributed by atoms with E-state index in [-0.39, 0.29) is 55.4 Å². The Bertz CT molecular complexity index is 1670. The summed E-state index contributed by atoms with van der Waals surface area (Å²) in [5, 5.41) is 2.33. The summed E-state index contributed by atoms with van der Waals surface area (Å²) in [7, 11) is 0. The number of benzene rings is 1. The Balaban J connectivity index is 0.852. The molecule has 6 rings (SSSR count). The predicted octanol–water partition coefficient (Wildman–Crippen LogP) is 1.58. The lowest BCUT2D eigenvalue weighted by Crippen LogP contribution is -2.52. The molecule has 0 spiro atoms. The van der Waals surface area contributed by atoms with Crippen molar-refractivity contribution in [3.05, 3.63) is 53.7 Å². The maximum atomic E-state index is 13.0. The number of carbonyl (C=O) groups excluding carboxylic acids is 4. The van der Waals surface area contributed by atoms with Crippen LogP contribution in [-0.4, -0.2) is 106 Å². The monoisotopic (exact) mass is 652 g/mol. The molecule has 0 aliphatic carbocycles. The fourth-order valence-corrected chi connectivity index (χ4v) is 7.00. The molecule has 2 fully saturated rings. The van der Waals surface area contributed by atoms with Gasteiger partial charge in [-0.25, -0.2) is 9.97 Å². The van der Waals surface area contributed by atoms with Crippen molar-refractivity contribution in [1.29, 1.82) is 0 Å². The molecule has 3 N–H and O–H groups in total. The number of nitrogens with one attached hydrogen (secondary N) is 1. The number of nitrogens with two attached hydrogens (primary N) is 1. The van der Waals surface area contributed by atoms with Gasteiger partial charge in [-0.1, -0.05) is 6.07 Å². The third-order valence-electron chi connectivity index (χ3n) is 8.30. The number of likely N-dealkylation sites (tertiary alicyclic amines) is 1. The lowest BCUT2D eigenvalue weighted by atomic mass is 10.0. The molecule has 5 heterocycles. The number of fused-ring (bicyclic) bond motifs is 2. The number of imide groups is 1. The van der Waals surface area contributed by atoms with E-state index in [1.807, 2.05) is 12.1 Å². The van der Waals surface area contributed by atoms with Crippen LogP contribution in [0.1, 0.15) is 54.8 Å². The SMILES string of the molecule is [2H]c1nc([C@@H]2CCCN2C(=O)COCCOCCOCCSc2cccc3c2CN(C2CCC(=O)NC2=O)C3=O)n2ccnc(N)c12. The number of nitrogen functional groups attached to an aromatic ring is 1. The van der Waals surface area contributed by atoms with E-state index in [0.29, 0.717) is 68.6 Å². The highest BCUT2D eigenvalue weighted by molar-refractivity contribution is 7.99. The Morgan fingerprint density at radius 2 is 1.87 bits per heavy atom. The second-order valence-electron chi connectivity index (χ2n) is 11.2. The molecule has 1 unspecified atom stereocenters. The van der Waals surface area contributed by atoms with Crippen LogP contribution in [0.5, 0.6) is 0 Å². The average molecular weight is 653 g/mol. The van der Waals surface area contributed by atoms with Crippen molar-refractivity contribution in [1.82, 2.24) is 29.5 Å². The fraction of sp³-hybridized carbons (Fsp3) is 0.484. The molecule has 15 heteroatoms. The molecule has 1 aromatic carbocycles. The third kappa shape index (κ3) is 6.87. The Kier molecular flexibility index (Phi) is 9.70. The van der Waals surface area contributed by atoms with Gasteiger partial charge in [0.15, 0.2) is 0 Å². The van der Waals surface area contributed by atoms with Crippen LogP contribution >= 0.6 is 11.8 Å². The van der Waals surface area contributed by atoms with Crippen LogP contribution in [0.25, 0.3) is 5.52 Å². The van der Waals surface area contributed by atoms with E-state index < -0.39 is 11.9 Å². The highest BCUT2D eigenvalue weighted by Crippen LogP contribution is 2.35. The number of ether oxygens (including phenoxy) is 3. The van der Waals surface area contributed by atoms with Crippen molar-refractivity contribution in [3.63, 3.8) is 0 Å². The van der Waals surface area contributed by atoms with Crippen LogP contribution < -0.4 is 11.1 Å². The van der Waals surface area contributed by atoms with E-state index in [2.05, 4.69) is 15.3 Å². The quantitative estimate of drug-likeness (QED) is 0.147. The highest BCUT2D eigenvalue weighted by atomic mass is 32.2. The van der Waals surface area contributed by atoms with Gasteiger partial charge in [-0.3, -0.25) is 28.9 Å². The van der Waals surface area contributed by atoms with Crippen LogP contribution in [0.2, 0.25) is 0 Å². The molecular weight excluding hydrogens is 614 g/mol. The summed E-state index contributed by atoms with van der Waals surface area (Å²) >= 11 is 1.59. The number of imidazole rings is 1. The number of rotatable bonds is 14. The van der Waals surface area contributed by atoms with Gasteiger partial charge in [0.05, 0.1) is 46.6 Å². The van der Waals surface area contributed by atoms with E-state index >= 15 is 0 Å². The first-order chi connectivity index (χ1) is 22.8. The first-order valence-corrected chi connectivity index (χ1v) is 16.3. The zero-order chi connectivity index (χ0) is 32.9. The number of aromatic nitrogens is 3. The van der Waals surface area contributed by atoms with Gasteiger partial charge in [0.25, 0.3) is 5.91 Å². The van der Waals surface area contributed by atoms with E-state index in [0.717, 1.165) is 23.3 Å². The maximum Gasteiger partial charge on any atom is 0.255 e. The van der Waals surface area contributed by atoms with Gasteiger partial charge < -0.3 is 29.7 Å². The minimum Gasteiger partial charge on any atom is -0.382 e. The Hall–Kier alpha value is -4.05. The number of carbonyl (C=O) groups is 4. The third-order valence-corrected chi connectivity index (χ3v) is 9.37. The van der Waals surface area contributed by atoms with Gasteiger partial charge in [-0.05, 0) is 37.0 Å². The number of nitrogens with zero attached hydrogens (tertiary/aromatic N) is 5. The van der Waals surface area contributed by atoms with Crippen molar-refractivity contribution in [3.8, 4) is 0 Å². The van der Waals surface area contributed by atoms with Crippen LogP contribution in [0.4, 0.5) is 5.82 Å². The van der Waals surface area contributed by atoms with Gasteiger partial charge >= 0.3 is 0 Å². The van der Waals surface area contributed by atoms with Crippen molar-refractivity contribution >= 4 is 46.7 Å². The van der Waals surface area contributed by atoms with Crippen LogP contribution in [0.15, 0.2) is 41.7 Å². The van der Waals surface area contributed by atoms with Gasteiger partial charge in [-0.2, -0.15) is 0 Å². The second-order valence-corrected chi connectivity index (χ2v) is 12.3. The fourth-order valence-electron chi connectivity index (χ4n) is 6.06. The number of thioether (sulfide) groups is 1. The number of piperidine rings is 1. The smallest absolute Gasteiger partial charge is 0.255 e. The Morgan fingerprint density at radius 1 is 1.07 bits per heavy atom. The Morgan fingerprint density at radius 3 is 2.70 bits per heavy atom. The minimum absolute atomic E-state index is 0.0400. The van der Waals surface area contributed by atoms with Crippen molar-refractivity contribution in [2.75, 3.05) is 57.7 Å². The molecule has 3 aliphatic heterocycles. The van der Waals surface area contributed by atoms with Crippen molar-refractivity contribution < 1.29 is 34.8 Å². The topological polar surface area (TPSA) is 171 Å². The predicted molar refractivity (Wildman–Crippen MR) is 167 cm³/mol. The minimum atomic E-state index is -0.636. The summed E-state index contributed by atoms with van der Waals surface area (Å²) in [6.45, 7) is 2.71. The zero-order valence-corrected chi connectivity index (χ0v) is 26.1. The summed E-state index contributed by atoms with van der Waals surface area (Å²) in [5.74, 6) is 0.455. The molecule has 2 aromatic heterocycles. The molecule has 2 saturated heterocycles. The molecule has 4 amide bonds. The molecule has 3 aliphatic rings. The summed E-state index contributed by atoms with van der Waals surface area (Å²) in [6, 6.07) is 4.68. The lowest BCUT2D eigenvalue weighted by molar-refractivity contribution is -0.138. The molecule has 46 heavy (non-hydrogen) atoms. The number of amides is 4. The molecule has 14 nitrogen and oxygen atoms in total. The first kappa shape index (κ1) is 30.6. The molecule has 3 aromatic rings. The molecule has 244 valence electrons. The summed E-state index contributed by atoms with van der Waals surface area (Å²) in [6.07, 6.45) is 5.43. The standard InChI is InChI=1S/C31H37N7O7S/c32-28-24-17-34-29(37(24)10-8-33-28)22-4-2-9-36(22)27(40)19-45-14-13-43-11-12-44-15-16-46-25-5-1-3-20-21(25)18-38(31(20)42)23-6-7-26(39)35-30(23)41/h1,3,5,8,10,17,22-23H,2,4,6-7,9,11-16,18-19H2,(H2,32,33)(H,35,39,41)/t22-,23?/m0/s1/i17D. The summed E-state index contributed by atoms with van der Waals surface area (Å²) in [4.78, 5) is 62.5. The molecule has 0 bridgehead atoms. The number of hydrogen-bond donors (Lipinski definition) is 2. The van der Waals surface area contributed by atoms with E-state index in [1.165, 1.54) is 0 Å². The number of anilines is 1. The largest absolute Gasteiger partial charge is 0.382 e. The molecule has 0 radical (unpaired) electrons. The average Bonchev–Trinajstić information content (AvgIpc) is 3.76. The zero-order valence-electron chi connectivity index (χ0n) is 26.3. The molecule has 0 saturated carbocycles. The first-order valence-electron chi connectivity index (χ1n) is 15.8. The van der Waals surface area contributed by atoms with Crippen molar-refractivity contribution in [2.24, 2.45) is 0 Å². The highest BCUT2D eigenvalue weighted by Gasteiger charge is 2.40.